The van der Waals surface area contributed by atoms with E-state index in [1.165, 1.54) is 0 Å². The zero-order valence-corrected chi connectivity index (χ0v) is 30.8. The smallest absolute Gasteiger partial charge is 0.463 e. The van der Waals surface area contributed by atoms with Crippen LogP contribution < -0.4 is 5.32 Å². The SMILES string of the molecule is C=C(C)C(=O)OCCOC(=O)C(C)(C)CC.CCC(C)(C)C(=O)OCCOP(=O)(O)O.CCC(C)C(=O)NC(C)(C)CS(=O)(=O)O. The lowest BCUT2D eigenvalue weighted by Gasteiger charge is -2.26. The molecule has 272 valence electrons. The number of nitrogens with one attached hydrogen (secondary N) is 1. The predicted molar refractivity (Wildman–Crippen MR) is 172 cm³/mol. The van der Waals surface area contributed by atoms with Gasteiger partial charge in [0.2, 0.25) is 5.91 Å². The molecule has 17 heteroatoms. The van der Waals surface area contributed by atoms with E-state index in [1.54, 1.807) is 41.5 Å². The highest BCUT2D eigenvalue weighted by Crippen LogP contribution is 2.35. The van der Waals surface area contributed by atoms with Crippen LogP contribution in [0.1, 0.15) is 95.4 Å². The maximum atomic E-state index is 11.5. The summed E-state index contributed by atoms with van der Waals surface area (Å²) in [6.07, 6.45) is 2.02. The lowest BCUT2D eigenvalue weighted by atomic mass is 9.91. The van der Waals surface area contributed by atoms with Crippen molar-refractivity contribution in [1.29, 1.82) is 0 Å². The first-order chi connectivity index (χ1) is 20.6. The molecule has 1 unspecified atom stereocenters. The summed E-state index contributed by atoms with van der Waals surface area (Å²) in [7, 11) is -8.54. The Morgan fingerprint density at radius 2 is 1.22 bits per heavy atom. The summed E-state index contributed by atoms with van der Waals surface area (Å²) in [6, 6.07) is 0. The number of ether oxygens (including phenoxy) is 3. The molecule has 0 spiro atoms. The van der Waals surface area contributed by atoms with E-state index >= 15 is 0 Å². The van der Waals surface area contributed by atoms with Crippen LogP contribution in [0.25, 0.3) is 0 Å². The molecule has 0 aromatic heterocycles. The standard InChI is InChI=1S/C12H20O4.C9H19NO4S.C8H17O6P/c1-6-12(4,5)11(14)16-8-7-15-10(13)9(2)3;1-5-7(2)8(11)10-9(3,4)6-15(12,13)14;1-4-8(2,3)7(9)13-5-6-14-15(10,11)12/h2,6-8H2,1,3-5H3;7H,5-6H2,1-4H3,(H,10,11)(H,12,13,14);4-6H2,1-3H3,(H2,10,11,12). The summed E-state index contributed by atoms with van der Waals surface area (Å²) >= 11 is 0. The van der Waals surface area contributed by atoms with E-state index in [1.807, 2.05) is 34.6 Å². The number of phosphoric acid groups is 1. The maximum absolute atomic E-state index is 11.5. The van der Waals surface area contributed by atoms with Crippen LogP contribution in [0.2, 0.25) is 0 Å². The molecule has 1 amide bonds. The summed E-state index contributed by atoms with van der Waals surface area (Å²) in [5.74, 6) is -1.99. The Bertz CT molecular complexity index is 1140. The minimum atomic E-state index is -4.46. The second-order valence-corrected chi connectivity index (χ2v) is 15.1. The van der Waals surface area contributed by atoms with Gasteiger partial charge in [0.25, 0.3) is 10.1 Å². The maximum Gasteiger partial charge on any atom is 0.469 e. The Labute approximate surface area is 274 Å². The number of hydrogen-bond acceptors (Lipinski definition) is 11. The largest absolute Gasteiger partial charge is 0.469 e. The zero-order chi connectivity index (χ0) is 37.2. The van der Waals surface area contributed by atoms with Gasteiger partial charge in [-0.15, -0.1) is 0 Å². The molecule has 0 aromatic carbocycles. The number of carbonyl (C=O) groups is 4. The van der Waals surface area contributed by atoms with Crippen LogP contribution in [-0.4, -0.2) is 84.3 Å². The molecule has 0 aliphatic rings. The van der Waals surface area contributed by atoms with Crippen molar-refractivity contribution in [2.24, 2.45) is 16.7 Å². The summed E-state index contributed by atoms with van der Waals surface area (Å²) in [5.41, 5.74) is -1.69. The normalized spacial score (nSPS) is 12.7. The molecule has 0 fully saturated rings. The third kappa shape index (κ3) is 25.8. The highest BCUT2D eigenvalue weighted by molar-refractivity contribution is 7.85. The summed E-state index contributed by atoms with van der Waals surface area (Å²) in [4.78, 5) is 62.0. The molecule has 0 aliphatic carbocycles. The Kier molecular flexibility index (Phi) is 22.5. The quantitative estimate of drug-likeness (QED) is 0.0419. The van der Waals surface area contributed by atoms with Crippen molar-refractivity contribution >= 4 is 41.8 Å². The van der Waals surface area contributed by atoms with E-state index in [0.29, 0.717) is 24.8 Å². The molecule has 0 bridgehead atoms. The summed E-state index contributed by atoms with van der Waals surface area (Å²) in [5, 5.41) is 2.59. The fourth-order valence-corrected chi connectivity index (χ4v) is 3.79. The first-order valence-electron chi connectivity index (χ1n) is 14.7. The first kappa shape index (κ1) is 48.0. The van der Waals surface area contributed by atoms with Gasteiger partial charge in [0.1, 0.15) is 19.8 Å². The van der Waals surface area contributed by atoms with Crippen molar-refractivity contribution in [2.45, 2.75) is 101 Å². The fraction of sp³-hybridized carbons (Fsp3) is 0.793. The van der Waals surface area contributed by atoms with Crippen LogP contribution in [-0.2, 0) is 52.6 Å². The van der Waals surface area contributed by atoms with Crippen LogP contribution in [0.15, 0.2) is 12.2 Å². The molecule has 0 radical (unpaired) electrons. The van der Waals surface area contributed by atoms with Crippen LogP contribution in [0, 0.1) is 16.7 Å². The molecule has 15 nitrogen and oxygen atoms in total. The lowest BCUT2D eigenvalue weighted by molar-refractivity contribution is -0.158. The van der Waals surface area contributed by atoms with Crippen molar-refractivity contribution in [3.05, 3.63) is 12.2 Å². The van der Waals surface area contributed by atoms with E-state index in [9.17, 15) is 32.2 Å². The van der Waals surface area contributed by atoms with Crippen LogP contribution in [0.5, 0.6) is 0 Å². The number of rotatable bonds is 17. The molecule has 0 saturated carbocycles. The number of esters is 3. The molecular formula is C29H56NO14PS. The van der Waals surface area contributed by atoms with Crippen LogP contribution in [0.3, 0.4) is 0 Å². The predicted octanol–water partition coefficient (Wildman–Crippen LogP) is 3.98. The number of carbonyl (C=O) groups excluding carboxylic acids is 4. The third-order valence-electron chi connectivity index (χ3n) is 6.41. The Morgan fingerprint density at radius 3 is 1.54 bits per heavy atom. The van der Waals surface area contributed by atoms with Gasteiger partial charge < -0.3 is 29.3 Å². The van der Waals surface area contributed by atoms with Gasteiger partial charge in [0.15, 0.2) is 0 Å². The summed E-state index contributed by atoms with van der Waals surface area (Å²) < 4.78 is 59.0. The minimum Gasteiger partial charge on any atom is -0.463 e. The average molecular weight is 706 g/mol. The van der Waals surface area contributed by atoms with Gasteiger partial charge in [0.05, 0.1) is 28.7 Å². The first-order valence-corrected chi connectivity index (χ1v) is 17.9. The van der Waals surface area contributed by atoms with E-state index in [4.69, 9.17) is 28.6 Å². The lowest BCUT2D eigenvalue weighted by Crippen LogP contribution is -2.49. The molecule has 0 aromatic rings. The second kappa shape index (κ2) is 21.5. The number of amides is 1. The van der Waals surface area contributed by atoms with E-state index in [0.717, 1.165) is 0 Å². The molecule has 0 heterocycles. The Hall–Kier alpha value is -2.36. The van der Waals surface area contributed by atoms with Crippen molar-refractivity contribution in [3.63, 3.8) is 0 Å². The van der Waals surface area contributed by atoms with Gasteiger partial charge in [-0.05, 0) is 67.7 Å². The topological polar surface area (TPSA) is 229 Å². The summed E-state index contributed by atoms with van der Waals surface area (Å²) in [6.45, 7) is 22.3. The molecule has 4 N–H and O–H groups in total. The molecule has 0 saturated heterocycles. The van der Waals surface area contributed by atoms with Gasteiger partial charge in [-0.25, -0.2) is 9.36 Å². The van der Waals surface area contributed by atoms with Crippen molar-refractivity contribution in [1.82, 2.24) is 5.32 Å². The van der Waals surface area contributed by atoms with E-state index in [-0.39, 0.29) is 44.2 Å². The third-order valence-corrected chi connectivity index (χ3v) is 8.02. The molecular weight excluding hydrogens is 649 g/mol. The Balaban J connectivity index is -0.000000603. The zero-order valence-electron chi connectivity index (χ0n) is 29.1. The van der Waals surface area contributed by atoms with Crippen LogP contribution in [0.4, 0.5) is 0 Å². The van der Waals surface area contributed by atoms with Gasteiger partial charge in [-0.3, -0.25) is 23.5 Å². The van der Waals surface area contributed by atoms with Crippen molar-refractivity contribution in [3.8, 4) is 0 Å². The van der Waals surface area contributed by atoms with Gasteiger partial charge in [0, 0.05) is 11.5 Å². The number of hydrogen-bond donors (Lipinski definition) is 4. The molecule has 0 rings (SSSR count). The number of phosphoric ester groups is 1. The van der Waals surface area contributed by atoms with Crippen molar-refractivity contribution < 1.29 is 65.2 Å². The Morgan fingerprint density at radius 1 is 0.826 bits per heavy atom. The molecule has 46 heavy (non-hydrogen) atoms. The van der Waals surface area contributed by atoms with Gasteiger partial charge in [-0.2, -0.15) is 8.42 Å². The monoisotopic (exact) mass is 705 g/mol. The van der Waals surface area contributed by atoms with Gasteiger partial charge >= 0.3 is 25.7 Å². The fourth-order valence-electron chi connectivity index (χ4n) is 2.50. The average Bonchev–Trinajstić information content (AvgIpc) is 2.90. The minimum absolute atomic E-state index is 0.0667. The molecule has 0 aliphatic heterocycles. The molecule has 1 atom stereocenters. The highest BCUT2D eigenvalue weighted by Gasteiger charge is 2.29. The van der Waals surface area contributed by atoms with Crippen LogP contribution >= 0.6 is 7.82 Å². The van der Waals surface area contributed by atoms with Gasteiger partial charge in [-0.1, -0.05) is 34.3 Å². The highest BCUT2D eigenvalue weighted by atomic mass is 32.2. The van der Waals surface area contributed by atoms with E-state index in [2.05, 4.69) is 16.4 Å². The van der Waals surface area contributed by atoms with Crippen molar-refractivity contribution in [2.75, 3.05) is 32.2 Å². The van der Waals surface area contributed by atoms with E-state index < -0.39 is 52.0 Å². The second-order valence-electron chi connectivity index (χ2n) is 12.4.